The van der Waals surface area contributed by atoms with Gasteiger partial charge in [0.15, 0.2) is 0 Å². The maximum absolute atomic E-state index is 10.6. The highest BCUT2D eigenvalue weighted by Gasteiger charge is 1.99. The molecule has 0 amide bonds. The maximum Gasteiger partial charge on any atom is 0.253 e. The number of nitrogens with zero attached hydrogens (tertiary/aromatic N) is 1. The standard InChI is InChI=1S/C6H4N2O/c1-2-6(9)5-3-7-4-8-5/h1,3-4H,(H,7,8). The number of Topliss-reactive ketones (excluding diaryl/α,β-unsaturated/α-hetero) is 1. The quantitative estimate of drug-likeness (QED) is 0.327. The summed E-state index contributed by atoms with van der Waals surface area (Å²) < 4.78 is 0. The van der Waals surface area contributed by atoms with E-state index in [9.17, 15) is 4.79 Å². The van der Waals surface area contributed by atoms with Gasteiger partial charge in [0.2, 0.25) is 0 Å². The number of rotatable bonds is 1. The molecule has 3 heteroatoms. The van der Waals surface area contributed by atoms with Crippen molar-refractivity contribution in [3.8, 4) is 12.3 Å². The Morgan fingerprint density at radius 2 is 2.67 bits per heavy atom. The second kappa shape index (κ2) is 2.14. The van der Waals surface area contributed by atoms with Crippen molar-refractivity contribution >= 4 is 5.78 Å². The van der Waals surface area contributed by atoms with Crippen molar-refractivity contribution < 1.29 is 4.79 Å². The number of ketones is 1. The minimum Gasteiger partial charge on any atom is -0.341 e. The Hall–Kier alpha value is -1.56. The van der Waals surface area contributed by atoms with E-state index in [-0.39, 0.29) is 5.78 Å². The van der Waals surface area contributed by atoms with Crippen LogP contribution >= 0.6 is 0 Å². The van der Waals surface area contributed by atoms with E-state index in [0.717, 1.165) is 0 Å². The third-order valence-electron chi connectivity index (χ3n) is 0.874. The summed E-state index contributed by atoms with van der Waals surface area (Å²) in [7, 11) is 0. The number of nitrogens with one attached hydrogen (secondary N) is 1. The Bertz CT molecular complexity index is 243. The van der Waals surface area contributed by atoms with Crippen molar-refractivity contribution in [2.24, 2.45) is 0 Å². The van der Waals surface area contributed by atoms with Gasteiger partial charge in [-0.25, -0.2) is 4.98 Å². The van der Waals surface area contributed by atoms with Crippen LogP contribution in [0.25, 0.3) is 0 Å². The number of carbonyl (C=O) groups excluding carboxylic acids is 1. The van der Waals surface area contributed by atoms with Gasteiger partial charge in [0.25, 0.3) is 5.78 Å². The van der Waals surface area contributed by atoms with Crippen LogP contribution < -0.4 is 0 Å². The maximum atomic E-state index is 10.6. The first-order chi connectivity index (χ1) is 4.34. The molecule has 44 valence electrons. The minimum atomic E-state index is -0.368. The molecule has 0 atom stereocenters. The van der Waals surface area contributed by atoms with Crippen LogP contribution in [0.5, 0.6) is 0 Å². The van der Waals surface area contributed by atoms with E-state index in [4.69, 9.17) is 6.42 Å². The molecule has 0 radical (unpaired) electrons. The number of terminal acetylenes is 1. The molecule has 1 aromatic rings. The normalized spacial score (nSPS) is 8.33. The van der Waals surface area contributed by atoms with Gasteiger partial charge in [0.05, 0.1) is 12.5 Å². The van der Waals surface area contributed by atoms with Crippen molar-refractivity contribution in [3.05, 3.63) is 18.2 Å². The fourth-order valence-electron chi connectivity index (χ4n) is 0.458. The molecule has 0 unspecified atom stereocenters. The average Bonchev–Trinajstić information content (AvgIpc) is 2.37. The minimum absolute atomic E-state index is 0.359. The highest BCUT2D eigenvalue weighted by atomic mass is 16.1. The molecule has 1 aromatic heterocycles. The first kappa shape index (κ1) is 5.57. The van der Waals surface area contributed by atoms with E-state index in [2.05, 4.69) is 9.97 Å². The molecule has 1 rings (SSSR count). The SMILES string of the molecule is C#CC(=O)c1cnc[nH]1. The molecule has 3 nitrogen and oxygen atoms in total. The number of hydrogen-bond donors (Lipinski definition) is 1. The van der Waals surface area contributed by atoms with Gasteiger partial charge < -0.3 is 4.98 Å². The average molecular weight is 120 g/mol. The van der Waals surface area contributed by atoms with Crippen LogP contribution in [0.1, 0.15) is 10.5 Å². The van der Waals surface area contributed by atoms with Crippen molar-refractivity contribution in [2.75, 3.05) is 0 Å². The largest absolute Gasteiger partial charge is 0.341 e. The van der Waals surface area contributed by atoms with E-state index in [0.29, 0.717) is 5.69 Å². The summed E-state index contributed by atoms with van der Waals surface area (Å²) in [6.07, 6.45) is 7.61. The highest BCUT2D eigenvalue weighted by molar-refractivity contribution is 6.07. The van der Waals surface area contributed by atoms with Crippen molar-refractivity contribution in [3.63, 3.8) is 0 Å². The zero-order valence-corrected chi connectivity index (χ0v) is 4.59. The number of H-pyrrole nitrogens is 1. The van der Waals surface area contributed by atoms with Crippen LogP contribution in [0, 0.1) is 12.3 Å². The Labute approximate surface area is 52.1 Å². The van der Waals surface area contributed by atoms with Gasteiger partial charge >= 0.3 is 0 Å². The summed E-state index contributed by atoms with van der Waals surface area (Å²) in [5, 5.41) is 0. The molecule has 0 aromatic carbocycles. The van der Waals surface area contributed by atoms with Crippen molar-refractivity contribution in [1.29, 1.82) is 0 Å². The summed E-state index contributed by atoms with van der Waals surface area (Å²) in [5.74, 6) is 1.59. The van der Waals surface area contributed by atoms with Crippen LogP contribution in [0.4, 0.5) is 0 Å². The molecule has 9 heavy (non-hydrogen) atoms. The molecular weight excluding hydrogens is 116 g/mol. The van der Waals surface area contributed by atoms with Gasteiger partial charge in [-0.3, -0.25) is 4.79 Å². The molecular formula is C6H4N2O. The highest BCUT2D eigenvalue weighted by Crippen LogP contribution is 1.89. The molecule has 0 saturated carbocycles. The lowest BCUT2D eigenvalue weighted by Crippen LogP contribution is -1.92. The monoisotopic (exact) mass is 120 g/mol. The second-order valence-corrected chi connectivity index (χ2v) is 1.44. The van der Waals surface area contributed by atoms with Crippen LogP contribution in [0.15, 0.2) is 12.5 Å². The predicted octanol–water partition coefficient (Wildman–Crippen LogP) is 0.226. The lowest BCUT2D eigenvalue weighted by molar-refractivity contribution is 0.105. The molecule has 0 fully saturated rings. The number of aromatic amines is 1. The lowest BCUT2D eigenvalue weighted by atomic mass is 10.3. The third kappa shape index (κ3) is 0.970. The van der Waals surface area contributed by atoms with Gasteiger partial charge in [0.1, 0.15) is 5.69 Å². The topological polar surface area (TPSA) is 45.8 Å². The predicted molar refractivity (Wildman–Crippen MR) is 31.8 cm³/mol. The van der Waals surface area contributed by atoms with Gasteiger partial charge in [-0.05, 0) is 5.92 Å². The van der Waals surface area contributed by atoms with E-state index >= 15 is 0 Å². The molecule has 0 saturated heterocycles. The Morgan fingerprint density at radius 1 is 1.89 bits per heavy atom. The Kier molecular flexibility index (Phi) is 1.32. The summed E-state index contributed by atoms with van der Waals surface area (Å²) >= 11 is 0. The number of aromatic nitrogens is 2. The van der Waals surface area contributed by atoms with E-state index < -0.39 is 0 Å². The van der Waals surface area contributed by atoms with E-state index in [1.807, 2.05) is 5.92 Å². The zero-order chi connectivity index (χ0) is 6.69. The zero-order valence-electron chi connectivity index (χ0n) is 4.59. The smallest absolute Gasteiger partial charge is 0.253 e. The van der Waals surface area contributed by atoms with Gasteiger partial charge in [-0.1, -0.05) is 0 Å². The molecule has 0 aliphatic rings. The molecule has 1 N–H and O–H groups in total. The van der Waals surface area contributed by atoms with Crippen LogP contribution in [-0.2, 0) is 0 Å². The van der Waals surface area contributed by atoms with Crippen LogP contribution in [-0.4, -0.2) is 15.8 Å². The fraction of sp³-hybridized carbons (Fsp3) is 0. The summed E-state index contributed by atoms with van der Waals surface area (Å²) in [6, 6.07) is 0. The number of hydrogen-bond acceptors (Lipinski definition) is 2. The lowest BCUT2D eigenvalue weighted by Gasteiger charge is -1.79. The molecule has 0 aliphatic heterocycles. The molecule has 0 bridgehead atoms. The molecule has 1 heterocycles. The second-order valence-electron chi connectivity index (χ2n) is 1.44. The van der Waals surface area contributed by atoms with Gasteiger partial charge in [0, 0.05) is 0 Å². The fourth-order valence-corrected chi connectivity index (χ4v) is 0.458. The van der Waals surface area contributed by atoms with Gasteiger partial charge in [-0.15, -0.1) is 6.42 Å². The first-order valence-electron chi connectivity index (χ1n) is 2.34. The molecule has 0 spiro atoms. The van der Waals surface area contributed by atoms with Crippen molar-refractivity contribution in [1.82, 2.24) is 9.97 Å². The Balaban J connectivity index is 2.93. The summed E-state index contributed by atoms with van der Waals surface area (Å²) in [5.41, 5.74) is 0.359. The summed E-state index contributed by atoms with van der Waals surface area (Å²) in [4.78, 5) is 16.8. The third-order valence-corrected chi connectivity index (χ3v) is 0.874. The number of imidazole rings is 1. The van der Waals surface area contributed by atoms with E-state index in [1.165, 1.54) is 12.5 Å². The van der Waals surface area contributed by atoms with Gasteiger partial charge in [-0.2, -0.15) is 0 Å². The van der Waals surface area contributed by atoms with Crippen LogP contribution in [0.3, 0.4) is 0 Å². The van der Waals surface area contributed by atoms with Crippen LogP contribution in [0.2, 0.25) is 0 Å². The van der Waals surface area contributed by atoms with Crippen molar-refractivity contribution in [2.45, 2.75) is 0 Å². The van der Waals surface area contributed by atoms with E-state index in [1.54, 1.807) is 0 Å². The first-order valence-corrected chi connectivity index (χ1v) is 2.34. The number of carbonyl (C=O) groups is 1. The Morgan fingerprint density at radius 3 is 3.11 bits per heavy atom. The summed E-state index contributed by atoms with van der Waals surface area (Å²) in [6.45, 7) is 0. The molecule has 0 aliphatic carbocycles.